The van der Waals surface area contributed by atoms with Crippen LogP contribution in [0.4, 0.5) is 0 Å². The SMILES string of the molecule is COc1ccc(CC[C@@H](OC(=O)[C@@H]2CCCCN2C(=O)Cc2ccccc2)c2cccc(OCC(=O)CCCCCCC(=O)COc3cccc4c3C(=O)N(C3CCC(=O)NC3=O)C4=O)c2)cc1OC. The number of fused-ring (bicyclic) bond motifs is 1. The zero-order valence-corrected chi connectivity index (χ0v) is 39.6. The van der Waals surface area contributed by atoms with Crippen molar-refractivity contribution in [3.05, 3.63) is 119 Å². The molecule has 16 heteroatoms. The largest absolute Gasteiger partial charge is 0.493 e. The van der Waals surface area contributed by atoms with E-state index in [0.717, 1.165) is 28.9 Å². The Morgan fingerprint density at radius 2 is 1.43 bits per heavy atom. The number of nitrogens with one attached hydrogen (secondary N) is 1. The number of Topliss-reactive ketones (excluding diaryl/α,β-unsaturated/α-hetero) is 2. The summed E-state index contributed by atoms with van der Waals surface area (Å²) in [7, 11) is 3.14. The van der Waals surface area contributed by atoms with Crippen molar-refractivity contribution >= 4 is 47.1 Å². The lowest BCUT2D eigenvalue weighted by atomic mass is 9.99. The molecule has 368 valence electrons. The quantitative estimate of drug-likeness (QED) is 0.0433. The van der Waals surface area contributed by atoms with Gasteiger partial charge in [0.05, 0.1) is 31.8 Å². The van der Waals surface area contributed by atoms with Gasteiger partial charge in [-0.3, -0.25) is 43.8 Å². The van der Waals surface area contributed by atoms with Crippen LogP contribution < -0.4 is 24.3 Å². The van der Waals surface area contributed by atoms with Crippen LogP contribution in [0, 0.1) is 0 Å². The fourth-order valence-corrected chi connectivity index (χ4v) is 9.07. The molecule has 2 saturated heterocycles. The highest BCUT2D eigenvalue weighted by Gasteiger charge is 2.46. The van der Waals surface area contributed by atoms with E-state index in [1.165, 1.54) is 18.2 Å². The van der Waals surface area contributed by atoms with Crippen molar-refractivity contribution in [1.82, 2.24) is 15.1 Å². The summed E-state index contributed by atoms with van der Waals surface area (Å²) in [6.07, 6.45) is 5.62. The third-order valence-corrected chi connectivity index (χ3v) is 12.8. The lowest BCUT2D eigenvalue weighted by molar-refractivity contribution is -0.162. The van der Waals surface area contributed by atoms with Crippen LogP contribution in [-0.2, 0) is 46.3 Å². The molecule has 2 fully saturated rings. The minimum absolute atomic E-state index is 0.000642. The molecule has 0 saturated carbocycles. The smallest absolute Gasteiger partial charge is 0.329 e. The van der Waals surface area contributed by atoms with Crippen molar-refractivity contribution in [1.29, 1.82) is 0 Å². The third-order valence-electron chi connectivity index (χ3n) is 12.8. The Balaban J connectivity index is 0.875. The molecule has 3 atom stereocenters. The Labute approximate surface area is 406 Å². The first-order chi connectivity index (χ1) is 33.9. The summed E-state index contributed by atoms with van der Waals surface area (Å²) in [5.41, 5.74) is 2.55. The van der Waals surface area contributed by atoms with Gasteiger partial charge in [0, 0.05) is 25.8 Å². The number of likely N-dealkylation sites (tertiary alicyclic amines) is 1. The molecule has 4 aromatic carbocycles. The number of nitrogens with zero attached hydrogens (tertiary/aromatic N) is 2. The van der Waals surface area contributed by atoms with E-state index in [9.17, 15) is 38.4 Å². The van der Waals surface area contributed by atoms with Crippen LogP contribution in [0.2, 0.25) is 0 Å². The predicted molar refractivity (Wildman–Crippen MR) is 254 cm³/mol. The molecule has 1 N–H and O–H groups in total. The summed E-state index contributed by atoms with van der Waals surface area (Å²) in [4.78, 5) is 106. The van der Waals surface area contributed by atoms with Gasteiger partial charge in [0.25, 0.3) is 11.8 Å². The maximum atomic E-state index is 14.1. The maximum Gasteiger partial charge on any atom is 0.329 e. The zero-order chi connectivity index (χ0) is 49.6. The second-order valence-corrected chi connectivity index (χ2v) is 17.7. The average molecular weight is 958 g/mol. The number of methoxy groups -OCH3 is 2. The number of ether oxygens (including phenoxy) is 5. The molecule has 70 heavy (non-hydrogen) atoms. The Kier molecular flexibility index (Phi) is 17.5. The number of piperidine rings is 2. The van der Waals surface area contributed by atoms with Gasteiger partial charge in [-0.1, -0.05) is 67.4 Å². The number of amides is 5. The van der Waals surface area contributed by atoms with Crippen molar-refractivity contribution in [3.8, 4) is 23.0 Å². The summed E-state index contributed by atoms with van der Waals surface area (Å²) in [6.45, 7) is 0.00173. The summed E-state index contributed by atoms with van der Waals surface area (Å²) in [5.74, 6) is -1.76. The van der Waals surface area contributed by atoms with Gasteiger partial charge in [-0.05, 0) is 104 Å². The normalized spacial score (nSPS) is 17.1. The average Bonchev–Trinajstić information content (AvgIpc) is 3.63. The van der Waals surface area contributed by atoms with Crippen LogP contribution in [0.1, 0.15) is 121 Å². The molecule has 16 nitrogen and oxygen atoms in total. The molecule has 0 aromatic heterocycles. The number of imide groups is 2. The Morgan fingerprint density at radius 1 is 0.700 bits per heavy atom. The minimum atomic E-state index is -1.11. The van der Waals surface area contributed by atoms with Gasteiger partial charge in [-0.15, -0.1) is 0 Å². The van der Waals surface area contributed by atoms with Gasteiger partial charge in [-0.2, -0.15) is 0 Å². The molecule has 0 aliphatic carbocycles. The zero-order valence-electron chi connectivity index (χ0n) is 39.6. The van der Waals surface area contributed by atoms with Crippen LogP contribution >= 0.6 is 0 Å². The Morgan fingerprint density at radius 3 is 2.16 bits per heavy atom. The number of ketones is 2. The molecule has 7 rings (SSSR count). The van der Waals surface area contributed by atoms with Crippen molar-refractivity contribution < 1.29 is 62.0 Å². The topological polar surface area (TPSA) is 201 Å². The van der Waals surface area contributed by atoms with E-state index in [2.05, 4.69) is 5.32 Å². The molecule has 0 spiro atoms. The number of carbonyl (C=O) groups is 8. The van der Waals surface area contributed by atoms with Crippen LogP contribution in [0.25, 0.3) is 0 Å². The number of aryl methyl sites for hydroxylation is 1. The number of hydrogen-bond donors (Lipinski definition) is 1. The summed E-state index contributed by atoms with van der Waals surface area (Å²) < 4.78 is 28.9. The van der Waals surface area contributed by atoms with E-state index in [4.69, 9.17) is 23.7 Å². The van der Waals surface area contributed by atoms with Gasteiger partial charge < -0.3 is 28.6 Å². The van der Waals surface area contributed by atoms with E-state index in [0.29, 0.717) is 74.3 Å². The predicted octanol–water partition coefficient (Wildman–Crippen LogP) is 6.88. The van der Waals surface area contributed by atoms with E-state index >= 15 is 0 Å². The molecule has 5 amide bonds. The Bertz CT molecular complexity index is 2580. The molecule has 1 unspecified atom stereocenters. The number of carbonyl (C=O) groups excluding carboxylic acids is 8. The molecule has 3 heterocycles. The lowest BCUT2D eigenvalue weighted by Crippen LogP contribution is -2.54. The second-order valence-electron chi connectivity index (χ2n) is 17.7. The van der Waals surface area contributed by atoms with E-state index in [1.807, 2.05) is 54.6 Å². The fraction of sp³-hybridized carbons (Fsp3) is 0.407. The molecule has 3 aliphatic rings. The highest BCUT2D eigenvalue weighted by atomic mass is 16.5. The Hall–Kier alpha value is -7.36. The molecular formula is C54H59N3O13. The standard InChI is InChI=1S/C54H59N3O13/c1-66-45-27-24-36(30-47(45)67-2)23-26-44(70-54(65)43-21-10-11-29-56(43)49(61)31-35-14-6-5-7-15-35)37-16-12-19-40(32-37)68-33-38(58)17-8-3-4-9-18-39(59)34-69-46-22-13-20-41-50(46)53(64)57(52(41)63)42-25-28-48(60)55-51(42)62/h5-7,12-16,19-20,22,24,27,30,32,42-44H,3-4,8-11,17-18,21,23,25-26,28-29,31,33-34H2,1-2H3,(H,55,60,62)/t42?,43-,44+/m0/s1. The lowest BCUT2D eigenvalue weighted by Gasteiger charge is -2.35. The molecule has 4 aromatic rings. The van der Waals surface area contributed by atoms with Crippen molar-refractivity contribution in [2.24, 2.45) is 0 Å². The maximum absolute atomic E-state index is 14.1. The summed E-state index contributed by atoms with van der Waals surface area (Å²) >= 11 is 0. The first kappa shape index (κ1) is 50.5. The monoisotopic (exact) mass is 957 g/mol. The number of rotatable bonds is 24. The van der Waals surface area contributed by atoms with E-state index in [-0.39, 0.29) is 79.7 Å². The van der Waals surface area contributed by atoms with Crippen LogP contribution in [-0.4, -0.2) is 103 Å². The van der Waals surface area contributed by atoms with Gasteiger partial charge in [0.1, 0.15) is 42.9 Å². The van der Waals surface area contributed by atoms with E-state index < -0.39 is 47.8 Å². The van der Waals surface area contributed by atoms with Crippen molar-refractivity contribution in [2.75, 3.05) is 34.0 Å². The number of esters is 1. The molecule has 3 aliphatic heterocycles. The number of hydrogen-bond acceptors (Lipinski definition) is 13. The fourth-order valence-electron chi connectivity index (χ4n) is 9.07. The first-order valence-corrected chi connectivity index (χ1v) is 23.9. The van der Waals surface area contributed by atoms with Gasteiger partial charge >= 0.3 is 5.97 Å². The molecule has 0 bridgehead atoms. The van der Waals surface area contributed by atoms with Gasteiger partial charge in [0.2, 0.25) is 17.7 Å². The van der Waals surface area contributed by atoms with Gasteiger partial charge in [-0.25, -0.2) is 4.79 Å². The first-order valence-electron chi connectivity index (χ1n) is 23.9. The minimum Gasteiger partial charge on any atom is -0.493 e. The third kappa shape index (κ3) is 12.8. The van der Waals surface area contributed by atoms with Crippen LogP contribution in [0.15, 0.2) is 91.0 Å². The van der Waals surface area contributed by atoms with Crippen molar-refractivity contribution in [2.45, 2.75) is 108 Å². The molecular weight excluding hydrogens is 899 g/mol. The van der Waals surface area contributed by atoms with Gasteiger partial charge in [0.15, 0.2) is 23.1 Å². The summed E-state index contributed by atoms with van der Waals surface area (Å²) in [5, 5.41) is 2.17. The van der Waals surface area contributed by atoms with E-state index in [1.54, 1.807) is 37.3 Å². The highest BCUT2D eigenvalue weighted by Crippen LogP contribution is 2.35. The molecule has 0 radical (unpaired) electrons. The van der Waals surface area contributed by atoms with Crippen molar-refractivity contribution in [3.63, 3.8) is 0 Å². The summed E-state index contributed by atoms with van der Waals surface area (Å²) in [6, 6.07) is 24.9. The number of unbranched alkanes of at least 4 members (excludes halogenated alkanes) is 3. The second kappa shape index (κ2) is 24.3. The highest BCUT2D eigenvalue weighted by molar-refractivity contribution is 6.24. The van der Waals surface area contributed by atoms with Crippen LogP contribution in [0.5, 0.6) is 23.0 Å². The van der Waals surface area contributed by atoms with Crippen LogP contribution in [0.3, 0.4) is 0 Å². The number of benzene rings is 4.